The highest BCUT2D eigenvalue weighted by molar-refractivity contribution is 7.89. The molecule has 2 aromatic heterocycles. The smallest absolute Gasteiger partial charge is 0.259 e. The van der Waals surface area contributed by atoms with Gasteiger partial charge in [-0.25, -0.2) is 18.1 Å². The van der Waals surface area contributed by atoms with E-state index in [9.17, 15) is 13.2 Å². The van der Waals surface area contributed by atoms with Crippen LogP contribution in [0.25, 0.3) is 10.6 Å². The van der Waals surface area contributed by atoms with Gasteiger partial charge >= 0.3 is 0 Å². The number of carbonyl (C=O) groups is 1. The maximum atomic E-state index is 12.7. The Morgan fingerprint density at radius 1 is 1.21 bits per heavy atom. The highest BCUT2D eigenvalue weighted by atomic mass is 35.5. The molecular weight excluding hydrogens is 432 g/mol. The Labute approximate surface area is 178 Å². The third kappa shape index (κ3) is 4.99. The standard InChI is InChI=1S/C19H19ClN4O3S2/c1-11(2)24-29(26,27)13-7-8-15(20)14(10-13)18(25)23-19-22-12(3)17(28-19)16-6-4-5-9-21-16/h4-11,24H,1-3H3,(H,22,23,25). The van der Waals surface area contributed by atoms with E-state index < -0.39 is 15.9 Å². The molecule has 0 saturated heterocycles. The summed E-state index contributed by atoms with van der Waals surface area (Å²) in [5, 5.41) is 3.21. The van der Waals surface area contributed by atoms with Crippen LogP contribution in [0.3, 0.4) is 0 Å². The van der Waals surface area contributed by atoms with E-state index in [1.807, 2.05) is 25.1 Å². The van der Waals surface area contributed by atoms with Crippen molar-refractivity contribution in [2.75, 3.05) is 5.32 Å². The topological polar surface area (TPSA) is 101 Å². The SMILES string of the molecule is Cc1nc(NC(=O)c2cc(S(=O)(=O)NC(C)C)ccc2Cl)sc1-c1ccccn1. The van der Waals surface area contributed by atoms with Gasteiger partial charge in [-0.2, -0.15) is 0 Å². The number of hydrogen-bond donors (Lipinski definition) is 2. The first-order chi connectivity index (χ1) is 13.7. The molecule has 0 unspecified atom stereocenters. The van der Waals surface area contributed by atoms with Gasteiger partial charge in [-0.1, -0.05) is 29.0 Å². The number of aromatic nitrogens is 2. The van der Waals surface area contributed by atoms with Crippen molar-refractivity contribution in [1.82, 2.24) is 14.7 Å². The Morgan fingerprint density at radius 2 is 1.97 bits per heavy atom. The van der Waals surface area contributed by atoms with Crippen molar-refractivity contribution in [2.45, 2.75) is 31.7 Å². The fourth-order valence-electron chi connectivity index (χ4n) is 2.57. The normalized spacial score (nSPS) is 11.6. The van der Waals surface area contributed by atoms with Gasteiger partial charge in [0.05, 0.1) is 31.7 Å². The summed E-state index contributed by atoms with van der Waals surface area (Å²) < 4.78 is 27.3. The lowest BCUT2D eigenvalue weighted by Gasteiger charge is -2.11. The first kappa shape index (κ1) is 21.4. The van der Waals surface area contributed by atoms with E-state index in [4.69, 9.17) is 11.6 Å². The number of nitrogens with zero attached hydrogens (tertiary/aromatic N) is 2. The lowest BCUT2D eigenvalue weighted by Crippen LogP contribution is -2.30. The van der Waals surface area contributed by atoms with Crippen LogP contribution in [0, 0.1) is 6.92 Å². The Kier molecular flexibility index (Phi) is 6.33. The molecule has 0 spiro atoms. The highest BCUT2D eigenvalue weighted by Gasteiger charge is 2.21. The zero-order valence-corrected chi connectivity index (χ0v) is 18.3. The quantitative estimate of drug-likeness (QED) is 0.588. The van der Waals surface area contributed by atoms with Crippen LogP contribution in [-0.4, -0.2) is 30.3 Å². The number of nitrogens with one attached hydrogen (secondary N) is 2. The Balaban J connectivity index is 1.87. The van der Waals surface area contributed by atoms with Crippen LogP contribution < -0.4 is 10.0 Å². The van der Waals surface area contributed by atoms with E-state index in [1.54, 1.807) is 20.0 Å². The summed E-state index contributed by atoms with van der Waals surface area (Å²) in [4.78, 5) is 22.2. The minimum Gasteiger partial charge on any atom is -0.298 e. The minimum atomic E-state index is -3.75. The second-order valence-electron chi connectivity index (χ2n) is 6.52. The second-order valence-corrected chi connectivity index (χ2v) is 9.64. The molecule has 0 aliphatic heterocycles. The summed E-state index contributed by atoms with van der Waals surface area (Å²) in [6, 6.07) is 9.27. The number of pyridine rings is 1. The number of hydrogen-bond acceptors (Lipinski definition) is 6. The number of anilines is 1. The summed E-state index contributed by atoms with van der Waals surface area (Å²) in [7, 11) is -3.75. The van der Waals surface area contributed by atoms with E-state index in [2.05, 4.69) is 20.0 Å². The maximum absolute atomic E-state index is 12.7. The molecule has 3 aromatic rings. The van der Waals surface area contributed by atoms with E-state index >= 15 is 0 Å². The average Bonchev–Trinajstić information content (AvgIpc) is 3.01. The molecule has 7 nitrogen and oxygen atoms in total. The van der Waals surface area contributed by atoms with Crippen molar-refractivity contribution in [3.8, 4) is 10.6 Å². The van der Waals surface area contributed by atoms with Crippen molar-refractivity contribution in [2.24, 2.45) is 0 Å². The molecule has 0 fully saturated rings. The molecule has 0 saturated carbocycles. The second kappa shape index (κ2) is 8.58. The van der Waals surface area contributed by atoms with Gasteiger partial charge in [0.2, 0.25) is 10.0 Å². The predicted molar refractivity (Wildman–Crippen MR) is 115 cm³/mol. The van der Waals surface area contributed by atoms with Gasteiger partial charge in [0, 0.05) is 12.2 Å². The molecule has 29 heavy (non-hydrogen) atoms. The van der Waals surface area contributed by atoms with Crippen LogP contribution in [0.2, 0.25) is 5.02 Å². The minimum absolute atomic E-state index is 0.0368. The number of benzene rings is 1. The van der Waals surface area contributed by atoms with Crippen LogP contribution in [0.1, 0.15) is 29.9 Å². The number of thiazole rings is 1. The fraction of sp³-hybridized carbons (Fsp3) is 0.211. The number of halogens is 1. The first-order valence-electron chi connectivity index (χ1n) is 8.69. The molecule has 1 aromatic carbocycles. The number of sulfonamides is 1. The van der Waals surface area contributed by atoms with Gasteiger partial charge in [-0.3, -0.25) is 15.1 Å². The van der Waals surface area contributed by atoms with Crippen molar-refractivity contribution in [1.29, 1.82) is 0 Å². The molecule has 3 rings (SSSR count). The van der Waals surface area contributed by atoms with Crippen LogP contribution in [-0.2, 0) is 10.0 Å². The van der Waals surface area contributed by atoms with Gasteiger partial charge < -0.3 is 0 Å². The zero-order chi connectivity index (χ0) is 21.2. The molecule has 2 N–H and O–H groups in total. The van der Waals surface area contributed by atoms with Gasteiger partial charge in [-0.05, 0) is 51.1 Å². The van der Waals surface area contributed by atoms with Crippen molar-refractivity contribution < 1.29 is 13.2 Å². The van der Waals surface area contributed by atoms with Crippen LogP contribution in [0.4, 0.5) is 5.13 Å². The molecular formula is C19H19ClN4O3S2. The molecule has 0 aliphatic carbocycles. The lowest BCUT2D eigenvalue weighted by atomic mass is 10.2. The van der Waals surface area contributed by atoms with Crippen molar-refractivity contribution >= 4 is 44.0 Å². The number of rotatable bonds is 6. The van der Waals surface area contributed by atoms with E-state index in [1.165, 1.54) is 29.5 Å². The molecule has 1 amide bonds. The van der Waals surface area contributed by atoms with Gasteiger partial charge in [0.1, 0.15) is 0 Å². The number of aryl methyl sites for hydroxylation is 1. The fourth-order valence-corrected chi connectivity index (χ4v) is 4.99. The van der Waals surface area contributed by atoms with Crippen LogP contribution in [0.5, 0.6) is 0 Å². The van der Waals surface area contributed by atoms with E-state index in [0.717, 1.165) is 16.3 Å². The van der Waals surface area contributed by atoms with Gasteiger partial charge in [0.25, 0.3) is 5.91 Å². The largest absolute Gasteiger partial charge is 0.298 e. The van der Waals surface area contributed by atoms with Gasteiger partial charge in [-0.15, -0.1) is 0 Å². The molecule has 0 atom stereocenters. The third-order valence-corrected chi connectivity index (χ3v) is 6.88. The summed E-state index contributed by atoms with van der Waals surface area (Å²) in [6.07, 6.45) is 1.68. The summed E-state index contributed by atoms with van der Waals surface area (Å²) in [5.74, 6) is -0.544. The monoisotopic (exact) mass is 450 g/mol. The molecule has 10 heteroatoms. The Hall–Kier alpha value is -2.33. The van der Waals surface area contributed by atoms with Gasteiger partial charge in [0.15, 0.2) is 5.13 Å². The Bertz CT molecular complexity index is 1150. The van der Waals surface area contributed by atoms with E-state index in [-0.39, 0.29) is 21.5 Å². The van der Waals surface area contributed by atoms with Crippen LogP contribution in [0.15, 0.2) is 47.5 Å². The molecule has 0 radical (unpaired) electrons. The number of amides is 1. The van der Waals surface area contributed by atoms with E-state index in [0.29, 0.717) is 5.13 Å². The molecule has 0 bridgehead atoms. The molecule has 152 valence electrons. The predicted octanol–water partition coefficient (Wildman–Crippen LogP) is 4.11. The third-order valence-electron chi connectivity index (χ3n) is 3.80. The van der Waals surface area contributed by atoms with Crippen molar-refractivity contribution in [3.63, 3.8) is 0 Å². The summed E-state index contributed by atoms with van der Waals surface area (Å²) >= 11 is 7.42. The molecule has 2 heterocycles. The lowest BCUT2D eigenvalue weighted by molar-refractivity contribution is 0.102. The Morgan fingerprint density at radius 3 is 2.62 bits per heavy atom. The summed E-state index contributed by atoms with van der Waals surface area (Å²) in [5.41, 5.74) is 1.53. The summed E-state index contributed by atoms with van der Waals surface area (Å²) in [6.45, 7) is 5.25. The van der Waals surface area contributed by atoms with Crippen LogP contribution >= 0.6 is 22.9 Å². The first-order valence-corrected chi connectivity index (χ1v) is 11.4. The number of carbonyl (C=O) groups excluding carboxylic acids is 1. The zero-order valence-electron chi connectivity index (χ0n) is 15.9. The van der Waals surface area contributed by atoms with Crippen molar-refractivity contribution in [3.05, 3.63) is 58.9 Å². The average molecular weight is 451 g/mol. The highest BCUT2D eigenvalue weighted by Crippen LogP contribution is 2.32. The maximum Gasteiger partial charge on any atom is 0.259 e. The molecule has 0 aliphatic rings.